The molecule has 0 amide bonds. The molecule has 3 aromatic rings. The maximum atomic E-state index is 4.62. The van der Waals surface area contributed by atoms with Crippen LogP contribution in [0.25, 0.3) is 5.69 Å². The van der Waals surface area contributed by atoms with Crippen LogP contribution in [-0.4, -0.2) is 19.3 Å². The van der Waals surface area contributed by atoms with Gasteiger partial charge in [0.1, 0.15) is 5.82 Å². The van der Waals surface area contributed by atoms with Crippen molar-refractivity contribution in [2.24, 2.45) is 0 Å². The molecule has 5 heteroatoms. The van der Waals surface area contributed by atoms with E-state index >= 15 is 0 Å². The van der Waals surface area contributed by atoms with E-state index in [4.69, 9.17) is 0 Å². The van der Waals surface area contributed by atoms with Crippen LogP contribution in [0.3, 0.4) is 0 Å². The van der Waals surface area contributed by atoms with Gasteiger partial charge in [-0.25, -0.2) is 9.67 Å². The van der Waals surface area contributed by atoms with Gasteiger partial charge in [-0.3, -0.25) is 0 Å². The minimum absolute atomic E-state index is 0.342. The second-order valence-corrected chi connectivity index (χ2v) is 5.72. The quantitative estimate of drug-likeness (QED) is 0.804. The van der Waals surface area contributed by atoms with Crippen LogP contribution < -0.4 is 5.32 Å². The van der Waals surface area contributed by atoms with E-state index in [0.29, 0.717) is 6.04 Å². The van der Waals surface area contributed by atoms with Crippen molar-refractivity contribution in [1.82, 2.24) is 24.6 Å². The van der Waals surface area contributed by atoms with Gasteiger partial charge in [-0.15, -0.1) is 0 Å². The van der Waals surface area contributed by atoms with Crippen molar-refractivity contribution < 1.29 is 0 Å². The van der Waals surface area contributed by atoms with Gasteiger partial charge < -0.3 is 9.88 Å². The van der Waals surface area contributed by atoms with E-state index in [2.05, 4.69) is 51.4 Å². The molecular formula is C17H19N5. The molecule has 112 valence electrons. The van der Waals surface area contributed by atoms with E-state index in [1.807, 2.05) is 29.1 Å². The highest BCUT2D eigenvalue weighted by molar-refractivity contribution is 5.32. The van der Waals surface area contributed by atoms with Gasteiger partial charge in [0.05, 0.1) is 17.4 Å². The molecule has 1 aliphatic rings. The average molecular weight is 293 g/mol. The first kappa shape index (κ1) is 13.3. The first-order chi connectivity index (χ1) is 10.8. The van der Waals surface area contributed by atoms with Crippen LogP contribution in [0.15, 0.2) is 48.9 Å². The second-order valence-electron chi connectivity index (χ2n) is 5.72. The number of aryl methyl sites for hydroxylation is 2. The van der Waals surface area contributed by atoms with Crippen LogP contribution in [0.1, 0.15) is 29.5 Å². The molecule has 5 nitrogen and oxygen atoms in total. The van der Waals surface area contributed by atoms with Crippen molar-refractivity contribution in [2.45, 2.75) is 32.5 Å². The molecule has 1 aromatic carbocycles. The van der Waals surface area contributed by atoms with Crippen LogP contribution in [0.5, 0.6) is 0 Å². The number of imidazole rings is 1. The molecule has 22 heavy (non-hydrogen) atoms. The number of hydrogen-bond acceptors (Lipinski definition) is 3. The van der Waals surface area contributed by atoms with Gasteiger partial charge in [0, 0.05) is 37.2 Å². The highest BCUT2D eigenvalue weighted by Crippen LogP contribution is 2.24. The summed E-state index contributed by atoms with van der Waals surface area (Å²) >= 11 is 0. The van der Waals surface area contributed by atoms with Gasteiger partial charge in [0.25, 0.3) is 0 Å². The highest BCUT2D eigenvalue weighted by atomic mass is 15.3. The first-order valence-electron chi connectivity index (χ1n) is 7.66. The van der Waals surface area contributed by atoms with Gasteiger partial charge in [0.2, 0.25) is 0 Å². The van der Waals surface area contributed by atoms with Gasteiger partial charge >= 0.3 is 0 Å². The third kappa shape index (κ3) is 2.33. The molecule has 0 fully saturated rings. The van der Waals surface area contributed by atoms with Crippen molar-refractivity contribution in [3.63, 3.8) is 0 Å². The molecule has 1 N–H and O–H groups in total. The topological polar surface area (TPSA) is 47.7 Å². The predicted octanol–water partition coefficient (Wildman–Crippen LogP) is 2.61. The van der Waals surface area contributed by atoms with Gasteiger partial charge in [-0.05, 0) is 25.5 Å². The fourth-order valence-corrected chi connectivity index (χ4v) is 3.03. The van der Waals surface area contributed by atoms with Gasteiger partial charge in [-0.1, -0.05) is 18.2 Å². The number of nitrogens with one attached hydrogen (secondary N) is 1. The Morgan fingerprint density at radius 2 is 2.14 bits per heavy atom. The summed E-state index contributed by atoms with van der Waals surface area (Å²) in [6.07, 6.45) is 7.14. The smallest absolute Gasteiger partial charge is 0.125 e. The Balaban J connectivity index is 1.49. The average Bonchev–Trinajstić information content (AvgIpc) is 3.22. The summed E-state index contributed by atoms with van der Waals surface area (Å²) in [6.45, 7) is 3.93. The Bertz CT molecular complexity index is 771. The van der Waals surface area contributed by atoms with Crippen LogP contribution >= 0.6 is 0 Å². The lowest BCUT2D eigenvalue weighted by Crippen LogP contribution is -2.19. The summed E-state index contributed by atoms with van der Waals surface area (Å²) in [7, 11) is 0. The minimum Gasteiger partial charge on any atom is -0.334 e. The summed E-state index contributed by atoms with van der Waals surface area (Å²) < 4.78 is 4.17. The summed E-state index contributed by atoms with van der Waals surface area (Å²) in [5, 5.41) is 8.23. The summed E-state index contributed by atoms with van der Waals surface area (Å²) in [6, 6.07) is 10.6. The van der Waals surface area contributed by atoms with Gasteiger partial charge in [0.15, 0.2) is 0 Å². The number of para-hydroxylation sites is 1. The lowest BCUT2D eigenvalue weighted by atomic mass is 10.2. The lowest BCUT2D eigenvalue weighted by molar-refractivity contribution is 0.519. The molecular weight excluding hydrogens is 274 g/mol. The maximum Gasteiger partial charge on any atom is 0.125 e. The molecule has 0 saturated heterocycles. The van der Waals surface area contributed by atoms with Crippen LogP contribution in [0.4, 0.5) is 0 Å². The molecule has 0 spiro atoms. The number of fused-ring (bicyclic) bond motifs is 1. The SMILES string of the molecule is Cc1nn(-c2ccccc2)cc1CNC1CCn2ccnc21. The Hall–Kier alpha value is -2.40. The Morgan fingerprint density at radius 1 is 1.27 bits per heavy atom. The van der Waals surface area contributed by atoms with Crippen molar-refractivity contribution in [3.8, 4) is 5.69 Å². The molecule has 3 heterocycles. The van der Waals surface area contributed by atoms with Crippen LogP contribution in [-0.2, 0) is 13.1 Å². The number of rotatable bonds is 4. The molecule has 1 unspecified atom stereocenters. The first-order valence-corrected chi connectivity index (χ1v) is 7.66. The van der Waals surface area contributed by atoms with E-state index in [1.165, 1.54) is 5.56 Å². The third-order valence-corrected chi connectivity index (χ3v) is 4.28. The van der Waals surface area contributed by atoms with Gasteiger partial charge in [-0.2, -0.15) is 5.10 Å². The second kappa shape index (κ2) is 5.42. The molecule has 0 saturated carbocycles. The molecule has 0 aliphatic carbocycles. The molecule has 4 rings (SSSR count). The fourth-order valence-electron chi connectivity index (χ4n) is 3.03. The summed E-state index contributed by atoms with van der Waals surface area (Å²) in [5.41, 5.74) is 3.39. The number of aromatic nitrogens is 4. The predicted molar refractivity (Wildman–Crippen MR) is 84.7 cm³/mol. The minimum atomic E-state index is 0.342. The Kier molecular flexibility index (Phi) is 3.27. The standard InChI is InChI=1S/C17H19N5/c1-13-14(12-22(20-13)15-5-3-2-4-6-15)11-19-16-7-9-21-10-8-18-17(16)21/h2-6,8,10,12,16,19H,7,9,11H2,1H3. The summed E-state index contributed by atoms with van der Waals surface area (Å²) in [4.78, 5) is 4.45. The Morgan fingerprint density at radius 3 is 3.00 bits per heavy atom. The van der Waals surface area contributed by atoms with E-state index < -0.39 is 0 Å². The summed E-state index contributed by atoms with van der Waals surface area (Å²) in [5.74, 6) is 1.15. The van der Waals surface area contributed by atoms with Crippen LogP contribution in [0, 0.1) is 6.92 Å². The zero-order chi connectivity index (χ0) is 14.9. The molecule has 2 aromatic heterocycles. The fraction of sp³-hybridized carbons (Fsp3) is 0.294. The monoisotopic (exact) mass is 293 g/mol. The third-order valence-electron chi connectivity index (χ3n) is 4.28. The van der Waals surface area contributed by atoms with E-state index in [-0.39, 0.29) is 0 Å². The van der Waals surface area contributed by atoms with E-state index in [0.717, 1.165) is 36.7 Å². The normalized spacial score (nSPS) is 16.9. The van der Waals surface area contributed by atoms with Crippen molar-refractivity contribution in [3.05, 3.63) is 66.0 Å². The lowest BCUT2D eigenvalue weighted by Gasteiger charge is -2.10. The van der Waals surface area contributed by atoms with E-state index in [9.17, 15) is 0 Å². The molecule has 0 bridgehead atoms. The zero-order valence-corrected chi connectivity index (χ0v) is 12.6. The van der Waals surface area contributed by atoms with E-state index in [1.54, 1.807) is 0 Å². The number of benzene rings is 1. The Labute approximate surface area is 129 Å². The number of hydrogen-bond donors (Lipinski definition) is 1. The van der Waals surface area contributed by atoms with Crippen molar-refractivity contribution >= 4 is 0 Å². The van der Waals surface area contributed by atoms with Crippen molar-refractivity contribution in [2.75, 3.05) is 0 Å². The molecule has 1 aliphatic heterocycles. The zero-order valence-electron chi connectivity index (χ0n) is 12.6. The highest BCUT2D eigenvalue weighted by Gasteiger charge is 2.23. The molecule has 1 atom stereocenters. The maximum absolute atomic E-state index is 4.62. The largest absolute Gasteiger partial charge is 0.334 e. The van der Waals surface area contributed by atoms with Crippen LogP contribution in [0.2, 0.25) is 0 Å². The number of nitrogens with zero attached hydrogens (tertiary/aromatic N) is 4. The molecule has 0 radical (unpaired) electrons. The van der Waals surface area contributed by atoms with Crippen molar-refractivity contribution in [1.29, 1.82) is 0 Å².